The second-order valence-corrected chi connectivity index (χ2v) is 3.99. The Morgan fingerprint density at radius 2 is 1.90 bits per heavy atom. The normalized spacial score (nSPS) is 11.4. The summed E-state index contributed by atoms with van der Waals surface area (Å²) >= 11 is 0. The number of nitrogens with one attached hydrogen (secondary N) is 1. The summed E-state index contributed by atoms with van der Waals surface area (Å²) in [5.74, 6) is -2.11. The third kappa shape index (κ3) is 4.60. The van der Waals surface area contributed by atoms with Gasteiger partial charge in [-0.25, -0.2) is 4.79 Å². The second kappa shape index (κ2) is 7.13. The fourth-order valence-electron chi connectivity index (χ4n) is 1.51. The summed E-state index contributed by atoms with van der Waals surface area (Å²) in [7, 11) is 0. The summed E-state index contributed by atoms with van der Waals surface area (Å²) in [6.45, 7) is 2.34. The minimum Gasteiger partial charge on any atom is -0.494 e. The number of carbonyl (C=O) groups is 3. The van der Waals surface area contributed by atoms with Gasteiger partial charge in [0.05, 0.1) is 13.0 Å². The van der Waals surface area contributed by atoms with Gasteiger partial charge in [0.15, 0.2) is 0 Å². The molecule has 0 aromatic heterocycles. The number of hydrogen-bond acceptors (Lipinski definition) is 4. The number of nitrogens with two attached hydrogens (primary N) is 1. The number of ether oxygens (including phenoxy) is 1. The molecule has 0 aliphatic rings. The van der Waals surface area contributed by atoms with Crippen LogP contribution in [0.5, 0.6) is 5.75 Å². The molecule has 108 valence electrons. The largest absolute Gasteiger partial charge is 0.494 e. The van der Waals surface area contributed by atoms with Crippen LogP contribution in [0.1, 0.15) is 23.7 Å². The van der Waals surface area contributed by atoms with Crippen LogP contribution in [0.2, 0.25) is 0 Å². The van der Waals surface area contributed by atoms with Gasteiger partial charge in [0.2, 0.25) is 5.91 Å². The number of carboxylic acid groups (broad SMARTS) is 1. The third-order valence-corrected chi connectivity index (χ3v) is 2.44. The van der Waals surface area contributed by atoms with Gasteiger partial charge in [-0.3, -0.25) is 9.59 Å². The van der Waals surface area contributed by atoms with Crippen LogP contribution in [-0.4, -0.2) is 35.5 Å². The maximum absolute atomic E-state index is 11.8. The number of amides is 2. The number of hydrogen-bond donors (Lipinski definition) is 3. The predicted octanol–water partition coefficient (Wildman–Crippen LogP) is 0.144. The number of rotatable bonds is 7. The van der Waals surface area contributed by atoms with Crippen molar-refractivity contribution in [3.63, 3.8) is 0 Å². The topological polar surface area (TPSA) is 119 Å². The number of aliphatic carboxylic acids is 1. The number of benzene rings is 1. The van der Waals surface area contributed by atoms with Crippen molar-refractivity contribution in [1.29, 1.82) is 0 Å². The Kier molecular flexibility index (Phi) is 5.52. The van der Waals surface area contributed by atoms with E-state index in [9.17, 15) is 14.4 Å². The first kappa shape index (κ1) is 15.5. The van der Waals surface area contributed by atoms with Gasteiger partial charge in [0, 0.05) is 5.56 Å². The van der Waals surface area contributed by atoms with Gasteiger partial charge >= 0.3 is 5.97 Å². The van der Waals surface area contributed by atoms with Gasteiger partial charge in [-0.2, -0.15) is 0 Å². The minimum absolute atomic E-state index is 0.268. The third-order valence-electron chi connectivity index (χ3n) is 2.44. The van der Waals surface area contributed by atoms with E-state index in [0.29, 0.717) is 12.4 Å². The Morgan fingerprint density at radius 3 is 2.35 bits per heavy atom. The highest BCUT2D eigenvalue weighted by molar-refractivity contribution is 5.97. The molecule has 0 bridgehead atoms. The van der Waals surface area contributed by atoms with Crippen molar-refractivity contribution >= 4 is 17.8 Å². The highest BCUT2D eigenvalue weighted by Gasteiger charge is 2.22. The lowest BCUT2D eigenvalue weighted by Gasteiger charge is -2.13. The van der Waals surface area contributed by atoms with Crippen LogP contribution in [-0.2, 0) is 9.59 Å². The molecule has 1 rings (SSSR count). The van der Waals surface area contributed by atoms with Crippen molar-refractivity contribution in [2.45, 2.75) is 19.4 Å². The molecule has 0 aliphatic carbocycles. The van der Waals surface area contributed by atoms with Gasteiger partial charge in [-0.1, -0.05) is 0 Å². The summed E-state index contributed by atoms with van der Waals surface area (Å²) in [6, 6.07) is 4.86. The quantitative estimate of drug-likeness (QED) is 0.656. The van der Waals surface area contributed by atoms with Crippen LogP contribution in [0.25, 0.3) is 0 Å². The molecule has 0 unspecified atom stereocenters. The summed E-state index contributed by atoms with van der Waals surface area (Å²) < 4.78 is 5.23. The van der Waals surface area contributed by atoms with E-state index in [1.165, 1.54) is 12.1 Å². The zero-order chi connectivity index (χ0) is 15.1. The van der Waals surface area contributed by atoms with E-state index in [-0.39, 0.29) is 5.56 Å². The summed E-state index contributed by atoms with van der Waals surface area (Å²) in [4.78, 5) is 33.5. The molecule has 0 spiro atoms. The van der Waals surface area contributed by atoms with Crippen LogP contribution >= 0.6 is 0 Å². The first-order valence-electron chi connectivity index (χ1n) is 5.99. The molecule has 2 amide bonds. The predicted molar refractivity (Wildman–Crippen MR) is 70.3 cm³/mol. The smallest absolute Gasteiger partial charge is 0.326 e. The fourth-order valence-corrected chi connectivity index (χ4v) is 1.51. The lowest BCUT2D eigenvalue weighted by atomic mass is 10.1. The first-order chi connectivity index (χ1) is 9.43. The number of carboxylic acids is 1. The van der Waals surface area contributed by atoms with Crippen molar-refractivity contribution in [2.24, 2.45) is 5.73 Å². The van der Waals surface area contributed by atoms with E-state index >= 15 is 0 Å². The van der Waals surface area contributed by atoms with Crippen molar-refractivity contribution in [3.8, 4) is 5.75 Å². The Bertz CT molecular complexity index is 498. The van der Waals surface area contributed by atoms with Gasteiger partial charge in [-0.05, 0) is 31.2 Å². The molecule has 7 heteroatoms. The van der Waals surface area contributed by atoms with Crippen LogP contribution in [0.3, 0.4) is 0 Å². The zero-order valence-corrected chi connectivity index (χ0v) is 11.0. The molecule has 1 aromatic rings. The molecule has 1 atom stereocenters. The van der Waals surface area contributed by atoms with Crippen LogP contribution in [0.15, 0.2) is 24.3 Å². The highest BCUT2D eigenvalue weighted by Crippen LogP contribution is 2.12. The van der Waals surface area contributed by atoms with Gasteiger partial charge in [-0.15, -0.1) is 0 Å². The molecule has 0 fully saturated rings. The Morgan fingerprint density at radius 1 is 1.30 bits per heavy atom. The van der Waals surface area contributed by atoms with Crippen LogP contribution in [0, 0.1) is 0 Å². The van der Waals surface area contributed by atoms with Gasteiger partial charge in [0.25, 0.3) is 5.91 Å². The molecular formula is C13H16N2O5. The van der Waals surface area contributed by atoms with Crippen molar-refractivity contribution in [1.82, 2.24) is 5.32 Å². The zero-order valence-electron chi connectivity index (χ0n) is 11.0. The Labute approximate surface area is 115 Å². The van der Waals surface area contributed by atoms with Crippen molar-refractivity contribution < 1.29 is 24.2 Å². The standard InChI is InChI=1S/C13H16N2O5/c1-2-20-9-5-3-8(4-6-9)12(17)15-10(13(18)19)7-11(14)16/h3-6,10H,2,7H2,1H3,(H2,14,16)(H,15,17)(H,18,19)/t10-/m1/s1. The second-order valence-electron chi connectivity index (χ2n) is 3.99. The SMILES string of the molecule is CCOc1ccc(C(=O)N[C@H](CC(N)=O)C(=O)O)cc1. The van der Waals surface area contributed by atoms with E-state index in [1.54, 1.807) is 12.1 Å². The lowest BCUT2D eigenvalue weighted by Crippen LogP contribution is -2.43. The van der Waals surface area contributed by atoms with E-state index in [2.05, 4.69) is 5.32 Å². The van der Waals surface area contributed by atoms with Gasteiger partial charge in [0.1, 0.15) is 11.8 Å². The van der Waals surface area contributed by atoms with Gasteiger partial charge < -0.3 is 20.9 Å². The summed E-state index contributed by atoms with van der Waals surface area (Å²) in [5.41, 5.74) is 5.20. The highest BCUT2D eigenvalue weighted by atomic mass is 16.5. The maximum Gasteiger partial charge on any atom is 0.326 e. The molecule has 20 heavy (non-hydrogen) atoms. The average molecular weight is 280 g/mol. The van der Waals surface area contributed by atoms with Crippen LogP contribution < -0.4 is 15.8 Å². The number of carbonyl (C=O) groups excluding carboxylic acids is 2. The molecule has 4 N–H and O–H groups in total. The Balaban J connectivity index is 2.73. The molecule has 0 radical (unpaired) electrons. The lowest BCUT2D eigenvalue weighted by molar-refractivity contribution is -0.140. The summed E-state index contributed by atoms with van der Waals surface area (Å²) in [6.07, 6.45) is -0.460. The molecule has 1 aromatic carbocycles. The molecule has 7 nitrogen and oxygen atoms in total. The fraction of sp³-hybridized carbons (Fsp3) is 0.308. The Hall–Kier alpha value is -2.57. The molecule has 0 aliphatic heterocycles. The van der Waals surface area contributed by atoms with E-state index < -0.39 is 30.2 Å². The molecular weight excluding hydrogens is 264 g/mol. The average Bonchev–Trinajstić information content (AvgIpc) is 2.38. The van der Waals surface area contributed by atoms with Crippen molar-refractivity contribution in [3.05, 3.63) is 29.8 Å². The number of primary amides is 1. The molecule has 0 saturated carbocycles. The molecule has 0 saturated heterocycles. The van der Waals surface area contributed by atoms with E-state index in [1.807, 2.05) is 6.92 Å². The van der Waals surface area contributed by atoms with Crippen LogP contribution in [0.4, 0.5) is 0 Å². The summed E-state index contributed by atoms with van der Waals surface area (Å²) in [5, 5.41) is 11.1. The first-order valence-corrected chi connectivity index (χ1v) is 5.99. The van der Waals surface area contributed by atoms with E-state index in [0.717, 1.165) is 0 Å². The molecule has 0 heterocycles. The maximum atomic E-state index is 11.8. The monoisotopic (exact) mass is 280 g/mol. The van der Waals surface area contributed by atoms with E-state index in [4.69, 9.17) is 15.6 Å². The van der Waals surface area contributed by atoms with Crippen molar-refractivity contribution in [2.75, 3.05) is 6.61 Å². The minimum atomic E-state index is -1.34.